The molecule has 3 aromatic carbocycles. The Morgan fingerprint density at radius 1 is 0.923 bits per heavy atom. The van der Waals surface area contributed by atoms with Gasteiger partial charge in [0.1, 0.15) is 5.78 Å². The summed E-state index contributed by atoms with van der Waals surface area (Å²) in [7, 11) is 1.39. The van der Waals surface area contributed by atoms with E-state index in [0.29, 0.717) is 49.1 Å². The van der Waals surface area contributed by atoms with Gasteiger partial charge in [-0.15, -0.1) is 0 Å². The topological polar surface area (TPSA) is 63.7 Å². The number of hydrogen-bond acceptors (Lipinski definition) is 4. The predicted molar refractivity (Wildman–Crippen MR) is 150 cm³/mol. The quantitative estimate of drug-likeness (QED) is 0.342. The van der Waals surface area contributed by atoms with Gasteiger partial charge in [-0.1, -0.05) is 61.5 Å². The van der Waals surface area contributed by atoms with Crippen molar-refractivity contribution < 1.29 is 19.1 Å². The van der Waals surface area contributed by atoms with E-state index in [4.69, 9.17) is 4.74 Å². The van der Waals surface area contributed by atoms with Crippen LogP contribution in [0.1, 0.15) is 64.7 Å². The summed E-state index contributed by atoms with van der Waals surface area (Å²) in [6.07, 6.45) is 3.89. The minimum Gasteiger partial charge on any atom is -0.465 e. The number of fused-ring (bicyclic) bond motifs is 1. The summed E-state index contributed by atoms with van der Waals surface area (Å²) in [6.45, 7) is 3.42. The maximum absolute atomic E-state index is 13.2. The summed E-state index contributed by atoms with van der Waals surface area (Å²) in [5.74, 6) is 1.34. The number of ether oxygens (including phenoxy) is 1. The third kappa shape index (κ3) is 5.15. The number of esters is 1. The molecule has 2 aliphatic carbocycles. The summed E-state index contributed by atoms with van der Waals surface area (Å²) in [5, 5.41) is 0. The van der Waals surface area contributed by atoms with Gasteiger partial charge in [0.05, 0.1) is 12.7 Å². The van der Waals surface area contributed by atoms with Gasteiger partial charge in [0.15, 0.2) is 0 Å². The van der Waals surface area contributed by atoms with Gasteiger partial charge in [-0.2, -0.15) is 0 Å². The highest BCUT2D eigenvalue weighted by Gasteiger charge is 2.44. The van der Waals surface area contributed by atoms with Crippen molar-refractivity contribution in [1.29, 1.82) is 0 Å². The van der Waals surface area contributed by atoms with Gasteiger partial charge >= 0.3 is 5.97 Å². The summed E-state index contributed by atoms with van der Waals surface area (Å²) in [4.78, 5) is 40.5. The van der Waals surface area contributed by atoms with Crippen molar-refractivity contribution in [2.45, 2.75) is 51.5 Å². The van der Waals surface area contributed by atoms with E-state index in [0.717, 1.165) is 36.0 Å². The van der Waals surface area contributed by atoms with Crippen LogP contribution in [0, 0.1) is 17.8 Å². The van der Waals surface area contributed by atoms with Crippen molar-refractivity contribution in [3.05, 3.63) is 94.5 Å². The monoisotopic (exact) mass is 521 g/mol. The highest BCUT2D eigenvalue weighted by Crippen LogP contribution is 2.48. The Morgan fingerprint density at radius 2 is 1.72 bits per heavy atom. The Morgan fingerprint density at radius 3 is 2.46 bits per heavy atom. The SMILES string of the molecule is COC(=O)c1cccc(-c2ccc(CCC(=O)C3CC3c3ccccc3)c3c2CCN(C(=O)C2CC2C)C3)c1. The minimum atomic E-state index is -0.356. The molecule has 4 unspecified atom stereocenters. The lowest BCUT2D eigenvalue weighted by molar-refractivity contribution is -0.133. The van der Waals surface area contributed by atoms with Crippen molar-refractivity contribution in [3.63, 3.8) is 0 Å². The van der Waals surface area contributed by atoms with E-state index in [9.17, 15) is 14.4 Å². The van der Waals surface area contributed by atoms with Gasteiger partial charge < -0.3 is 9.64 Å². The third-order valence-corrected chi connectivity index (χ3v) is 8.91. The van der Waals surface area contributed by atoms with E-state index in [-0.39, 0.29) is 23.7 Å². The zero-order valence-electron chi connectivity index (χ0n) is 22.7. The second-order valence-electron chi connectivity index (χ2n) is 11.5. The molecule has 0 saturated heterocycles. The molecule has 2 fully saturated rings. The lowest BCUT2D eigenvalue weighted by Crippen LogP contribution is -2.38. The molecule has 0 N–H and O–H groups in total. The van der Waals surface area contributed by atoms with Gasteiger partial charge in [-0.05, 0) is 83.0 Å². The molecular weight excluding hydrogens is 486 g/mol. The number of methoxy groups -OCH3 is 1. The Hall–Kier alpha value is -3.73. The van der Waals surface area contributed by atoms with Crippen LogP contribution in [0.25, 0.3) is 11.1 Å². The Balaban J connectivity index is 1.26. The first-order chi connectivity index (χ1) is 18.9. The summed E-state index contributed by atoms with van der Waals surface area (Å²) >= 11 is 0. The number of amides is 1. The van der Waals surface area contributed by atoms with E-state index < -0.39 is 0 Å². The molecule has 6 rings (SSSR count). The number of rotatable bonds is 8. The largest absolute Gasteiger partial charge is 0.465 e. The number of benzene rings is 3. The van der Waals surface area contributed by atoms with E-state index in [2.05, 4.69) is 31.2 Å². The van der Waals surface area contributed by atoms with Crippen LogP contribution in [0.5, 0.6) is 0 Å². The molecule has 4 atom stereocenters. The van der Waals surface area contributed by atoms with Crippen molar-refractivity contribution >= 4 is 17.7 Å². The second-order valence-corrected chi connectivity index (χ2v) is 11.5. The molecule has 1 heterocycles. The standard InChI is InChI=1S/C34H35NO4/c1-21-17-28(21)33(37)35-16-15-27-26(24-9-6-10-25(18-24)34(38)39-2)13-11-23(31(27)20-35)12-14-32(36)30-19-29(30)22-7-4-3-5-8-22/h3-11,13,18,21,28-30H,12,14-17,19-20H2,1-2H3. The maximum atomic E-state index is 13.2. The molecule has 0 spiro atoms. The van der Waals surface area contributed by atoms with E-state index in [1.54, 1.807) is 6.07 Å². The molecule has 200 valence electrons. The molecule has 39 heavy (non-hydrogen) atoms. The number of nitrogens with zero attached hydrogens (tertiary/aromatic N) is 1. The van der Waals surface area contributed by atoms with Crippen LogP contribution in [0.2, 0.25) is 0 Å². The average Bonchev–Trinajstić information content (AvgIpc) is 3.91. The third-order valence-electron chi connectivity index (χ3n) is 8.91. The molecule has 2 saturated carbocycles. The second kappa shape index (κ2) is 10.4. The molecule has 5 nitrogen and oxygen atoms in total. The molecule has 0 aromatic heterocycles. The van der Waals surface area contributed by atoms with Crippen LogP contribution in [0.15, 0.2) is 66.7 Å². The van der Waals surface area contributed by atoms with Crippen molar-refractivity contribution in [2.75, 3.05) is 13.7 Å². The maximum Gasteiger partial charge on any atom is 0.337 e. The Bertz CT molecular complexity index is 1430. The normalized spacial score (nSPS) is 23.1. The first-order valence-corrected chi connectivity index (χ1v) is 14.1. The highest BCUT2D eigenvalue weighted by atomic mass is 16.5. The highest BCUT2D eigenvalue weighted by molar-refractivity contribution is 5.91. The first kappa shape index (κ1) is 25.5. The zero-order valence-corrected chi connectivity index (χ0v) is 22.7. The molecule has 5 heteroatoms. The van der Waals surface area contributed by atoms with Crippen LogP contribution < -0.4 is 0 Å². The van der Waals surface area contributed by atoms with E-state index >= 15 is 0 Å². The van der Waals surface area contributed by atoms with Gasteiger partial charge in [0, 0.05) is 31.3 Å². The van der Waals surface area contributed by atoms with Crippen LogP contribution in [0.3, 0.4) is 0 Å². The van der Waals surface area contributed by atoms with E-state index in [1.807, 2.05) is 41.3 Å². The molecule has 1 amide bonds. The van der Waals surface area contributed by atoms with Crippen molar-refractivity contribution in [2.24, 2.45) is 17.8 Å². The van der Waals surface area contributed by atoms with Crippen molar-refractivity contribution in [3.8, 4) is 11.1 Å². The van der Waals surface area contributed by atoms with Gasteiger partial charge in [0.25, 0.3) is 0 Å². The van der Waals surface area contributed by atoms with Crippen LogP contribution in [-0.4, -0.2) is 36.2 Å². The summed E-state index contributed by atoms with van der Waals surface area (Å²) in [5.41, 5.74) is 7.39. The molecular formula is C34H35NO4. The minimum absolute atomic E-state index is 0.123. The first-order valence-electron chi connectivity index (χ1n) is 14.1. The number of Topliss-reactive ketones (excluding diaryl/α,β-unsaturated/α-hetero) is 1. The Kier molecular flexibility index (Phi) is 6.84. The van der Waals surface area contributed by atoms with Gasteiger partial charge in [-0.25, -0.2) is 4.79 Å². The molecule has 0 radical (unpaired) electrons. The van der Waals surface area contributed by atoms with Crippen LogP contribution >= 0.6 is 0 Å². The fraction of sp³-hybridized carbons (Fsp3) is 0.382. The number of aryl methyl sites for hydroxylation is 1. The predicted octanol–water partition coefficient (Wildman–Crippen LogP) is 5.99. The lowest BCUT2D eigenvalue weighted by atomic mass is 9.85. The fourth-order valence-electron chi connectivity index (χ4n) is 6.33. The average molecular weight is 522 g/mol. The molecule has 0 bridgehead atoms. The number of ketones is 1. The summed E-state index contributed by atoms with van der Waals surface area (Å²) < 4.78 is 4.94. The molecule has 3 aliphatic rings. The van der Waals surface area contributed by atoms with Crippen molar-refractivity contribution in [1.82, 2.24) is 4.90 Å². The fourth-order valence-corrected chi connectivity index (χ4v) is 6.33. The molecule has 1 aliphatic heterocycles. The van der Waals surface area contributed by atoms with Gasteiger partial charge in [0.2, 0.25) is 5.91 Å². The van der Waals surface area contributed by atoms with Crippen LogP contribution in [0.4, 0.5) is 0 Å². The number of carbonyl (C=O) groups excluding carboxylic acids is 3. The number of hydrogen-bond donors (Lipinski definition) is 0. The summed E-state index contributed by atoms with van der Waals surface area (Å²) in [6, 6.07) is 22.1. The zero-order chi connectivity index (χ0) is 27.1. The Labute approximate surface area is 230 Å². The lowest BCUT2D eigenvalue weighted by Gasteiger charge is -2.32. The smallest absolute Gasteiger partial charge is 0.337 e. The van der Waals surface area contributed by atoms with Crippen LogP contribution in [-0.2, 0) is 33.7 Å². The molecule has 3 aromatic rings. The number of carbonyl (C=O) groups is 3. The van der Waals surface area contributed by atoms with E-state index in [1.165, 1.54) is 23.8 Å². The van der Waals surface area contributed by atoms with Gasteiger partial charge in [-0.3, -0.25) is 9.59 Å².